The van der Waals surface area contributed by atoms with Crippen molar-refractivity contribution < 1.29 is 14.0 Å². The first-order valence-electron chi connectivity index (χ1n) is 9.67. The number of benzene rings is 1. The molecule has 1 aliphatic rings. The minimum atomic E-state index is 0.675. The summed E-state index contributed by atoms with van der Waals surface area (Å²) < 4.78 is 18.6. The number of aromatic nitrogens is 3. The van der Waals surface area contributed by atoms with Gasteiger partial charge in [-0.3, -0.25) is 4.68 Å². The average Bonchev–Trinajstić information content (AvgIpc) is 3.10. The van der Waals surface area contributed by atoms with E-state index in [-0.39, 0.29) is 0 Å². The first kappa shape index (κ1) is 18.6. The van der Waals surface area contributed by atoms with Crippen LogP contribution in [-0.4, -0.2) is 34.7 Å². The molecule has 0 saturated carbocycles. The standard InChI is InChI=1S/C21H26N4O3/c1-14-18(15(2)28-24-14)7-8-22-12-17-13-25(3)23-21(17)16-5-6-19-20(11-16)27-10-4-9-26-19/h5-6,11,13,22H,4,7-10,12H2,1-3H3. The summed E-state index contributed by atoms with van der Waals surface area (Å²) in [6.45, 7) is 6.89. The number of hydrogen-bond donors (Lipinski definition) is 1. The Balaban J connectivity index is 1.46. The second kappa shape index (κ2) is 8.06. The van der Waals surface area contributed by atoms with Gasteiger partial charge in [0.1, 0.15) is 5.76 Å². The summed E-state index contributed by atoms with van der Waals surface area (Å²) in [7, 11) is 1.94. The van der Waals surface area contributed by atoms with E-state index in [1.165, 1.54) is 5.56 Å². The zero-order chi connectivity index (χ0) is 19.5. The molecule has 1 aromatic carbocycles. The number of ether oxygens (including phenoxy) is 2. The Labute approximate surface area is 164 Å². The van der Waals surface area contributed by atoms with E-state index >= 15 is 0 Å². The van der Waals surface area contributed by atoms with Crippen LogP contribution in [0.1, 0.15) is 29.0 Å². The van der Waals surface area contributed by atoms with Crippen molar-refractivity contribution in [3.05, 3.63) is 47.0 Å². The van der Waals surface area contributed by atoms with Crippen LogP contribution in [0.5, 0.6) is 11.5 Å². The number of aryl methyl sites for hydroxylation is 3. The summed E-state index contributed by atoms with van der Waals surface area (Å²) in [5.74, 6) is 2.49. The molecule has 1 aliphatic heterocycles. The molecule has 0 unspecified atom stereocenters. The van der Waals surface area contributed by atoms with E-state index in [9.17, 15) is 0 Å². The van der Waals surface area contributed by atoms with Gasteiger partial charge >= 0.3 is 0 Å². The van der Waals surface area contributed by atoms with Crippen LogP contribution in [0.4, 0.5) is 0 Å². The van der Waals surface area contributed by atoms with Crippen LogP contribution in [-0.2, 0) is 20.0 Å². The monoisotopic (exact) mass is 382 g/mol. The Morgan fingerprint density at radius 3 is 2.75 bits per heavy atom. The highest BCUT2D eigenvalue weighted by molar-refractivity contribution is 5.66. The number of nitrogens with one attached hydrogen (secondary N) is 1. The van der Waals surface area contributed by atoms with Crippen LogP contribution in [0.15, 0.2) is 28.9 Å². The molecule has 3 aromatic rings. The smallest absolute Gasteiger partial charge is 0.161 e. The summed E-state index contributed by atoms with van der Waals surface area (Å²) in [4.78, 5) is 0. The van der Waals surface area contributed by atoms with Gasteiger partial charge in [0.25, 0.3) is 0 Å². The lowest BCUT2D eigenvalue weighted by Gasteiger charge is -2.10. The normalized spacial score (nSPS) is 13.5. The molecule has 0 radical (unpaired) electrons. The summed E-state index contributed by atoms with van der Waals surface area (Å²) in [5.41, 5.74) is 5.29. The molecule has 2 aromatic heterocycles. The van der Waals surface area contributed by atoms with E-state index in [4.69, 9.17) is 14.0 Å². The van der Waals surface area contributed by atoms with Gasteiger partial charge in [-0.2, -0.15) is 5.10 Å². The molecule has 148 valence electrons. The Hall–Kier alpha value is -2.80. The van der Waals surface area contributed by atoms with Gasteiger partial charge in [0.2, 0.25) is 0 Å². The van der Waals surface area contributed by atoms with E-state index in [0.717, 1.165) is 65.7 Å². The van der Waals surface area contributed by atoms with Crippen molar-refractivity contribution in [3.63, 3.8) is 0 Å². The van der Waals surface area contributed by atoms with Crippen molar-refractivity contribution >= 4 is 0 Å². The zero-order valence-electron chi connectivity index (χ0n) is 16.6. The van der Waals surface area contributed by atoms with Gasteiger partial charge in [-0.15, -0.1) is 0 Å². The fourth-order valence-corrected chi connectivity index (χ4v) is 3.52. The third-order valence-corrected chi connectivity index (χ3v) is 4.97. The van der Waals surface area contributed by atoms with Gasteiger partial charge in [0.05, 0.1) is 24.6 Å². The second-order valence-corrected chi connectivity index (χ2v) is 7.12. The molecule has 0 atom stereocenters. The predicted octanol–water partition coefficient (Wildman–Crippen LogP) is 3.19. The van der Waals surface area contributed by atoms with Crippen LogP contribution in [0.25, 0.3) is 11.3 Å². The lowest BCUT2D eigenvalue weighted by molar-refractivity contribution is 0.297. The Morgan fingerprint density at radius 2 is 1.96 bits per heavy atom. The van der Waals surface area contributed by atoms with Gasteiger partial charge in [0, 0.05) is 42.9 Å². The van der Waals surface area contributed by atoms with Crippen molar-refractivity contribution in [1.82, 2.24) is 20.3 Å². The highest BCUT2D eigenvalue weighted by atomic mass is 16.5. The minimum absolute atomic E-state index is 0.675. The summed E-state index contributed by atoms with van der Waals surface area (Å²) >= 11 is 0. The zero-order valence-corrected chi connectivity index (χ0v) is 16.6. The first-order chi connectivity index (χ1) is 13.6. The topological polar surface area (TPSA) is 74.3 Å². The lowest BCUT2D eigenvalue weighted by Crippen LogP contribution is -2.17. The van der Waals surface area contributed by atoms with Gasteiger partial charge < -0.3 is 19.3 Å². The van der Waals surface area contributed by atoms with E-state index < -0.39 is 0 Å². The second-order valence-electron chi connectivity index (χ2n) is 7.12. The molecule has 7 heteroatoms. The fourth-order valence-electron chi connectivity index (χ4n) is 3.52. The number of rotatable bonds is 6. The summed E-state index contributed by atoms with van der Waals surface area (Å²) in [5, 5.41) is 12.2. The molecule has 0 aliphatic carbocycles. The Morgan fingerprint density at radius 1 is 1.14 bits per heavy atom. The third-order valence-electron chi connectivity index (χ3n) is 4.97. The molecule has 0 amide bonds. The van der Waals surface area contributed by atoms with Gasteiger partial charge in [0.15, 0.2) is 11.5 Å². The SMILES string of the molecule is Cc1noc(C)c1CCNCc1cn(C)nc1-c1ccc2c(c1)OCCCO2. The maximum Gasteiger partial charge on any atom is 0.161 e. The molecular formula is C21H26N4O3. The molecular weight excluding hydrogens is 356 g/mol. The summed E-state index contributed by atoms with van der Waals surface area (Å²) in [6, 6.07) is 6.04. The lowest BCUT2D eigenvalue weighted by atomic mass is 10.1. The van der Waals surface area contributed by atoms with Crippen LogP contribution >= 0.6 is 0 Å². The molecule has 0 spiro atoms. The van der Waals surface area contributed by atoms with Crippen molar-refractivity contribution in [3.8, 4) is 22.8 Å². The van der Waals surface area contributed by atoms with Crippen molar-refractivity contribution in [2.75, 3.05) is 19.8 Å². The van der Waals surface area contributed by atoms with Crippen LogP contribution < -0.4 is 14.8 Å². The molecule has 0 saturated heterocycles. The highest BCUT2D eigenvalue weighted by Gasteiger charge is 2.16. The minimum Gasteiger partial charge on any atom is -0.490 e. The molecule has 0 bridgehead atoms. The number of hydrogen-bond acceptors (Lipinski definition) is 6. The van der Waals surface area contributed by atoms with Crippen LogP contribution in [0.2, 0.25) is 0 Å². The van der Waals surface area contributed by atoms with Crippen molar-refractivity contribution in [2.45, 2.75) is 33.2 Å². The van der Waals surface area contributed by atoms with E-state index in [0.29, 0.717) is 13.2 Å². The molecule has 4 rings (SSSR count). The van der Waals surface area contributed by atoms with E-state index in [2.05, 4.69) is 21.8 Å². The maximum atomic E-state index is 5.83. The maximum absolute atomic E-state index is 5.83. The van der Waals surface area contributed by atoms with Gasteiger partial charge in [-0.05, 0) is 45.0 Å². The highest BCUT2D eigenvalue weighted by Crippen LogP contribution is 2.34. The fraction of sp³-hybridized carbons (Fsp3) is 0.429. The number of fused-ring (bicyclic) bond motifs is 1. The summed E-state index contributed by atoms with van der Waals surface area (Å²) in [6.07, 6.45) is 3.84. The van der Waals surface area contributed by atoms with Gasteiger partial charge in [-0.1, -0.05) is 5.16 Å². The molecule has 3 heterocycles. The van der Waals surface area contributed by atoms with Crippen molar-refractivity contribution in [1.29, 1.82) is 0 Å². The number of nitrogens with zero attached hydrogens (tertiary/aromatic N) is 3. The van der Waals surface area contributed by atoms with E-state index in [1.54, 1.807) is 0 Å². The molecule has 0 fully saturated rings. The Bertz CT molecular complexity index is 941. The average molecular weight is 382 g/mol. The van der Waals surface area contributed by atoms with E-state index in [1.807, 2.05) is 43.8 Å². The first-order valence-corrected chi connectivity index (χ1v) is 9.67. The largest absolute Gasteiger partial charge is 0.490 e. The Kier molecular flexibility index (Phi) is 5.34. The van der Waals surface area contributed by atoms with Crippen LogP contribution in [0, 0.1) is 13.8 Å². The van der Waals surface area contributed by atoms with Gasteiger partial charge in [-0.25, -0.2) is 0 Å². The van der Waals surface area contributed by atoms with Crippen molar-refractivity contribution in [2.24, 2.45) is 7.05 Å². The molecule has 1 N–H and O–H groups in total. The predicted molar refractivity (Wildman–Crippen MR) is 106 cm³/mol. The van der Waals surface area contributed by atoms with Crippen LogP contribution in [0.3, 0.4) is 0 Å². The molecule has 7 nitrogen and oxygen atoms in total. The molecule has 28 heavy (non-hydrogen) atoms. The third kappa shape index (κ3) is 3.89. The quantitative estimate of drug-likeness (QED) is 0.660.